The fraction of sp³-hybridized carbons (Fsp3) is 0.600. The molecule has 3 atom stereocenters. The number of fused-ring (bicyclic) bond motifs is 1. The van der Waals surface area contributed by atoms with Crippen molar-refractivity contribution in [3.8, 4) is 5.75 Å². The molecule has 4 rings (SSSR count). The number of nitrogens with zero attached hydrogens (tertiary/aromatic N) is 3. The molecule has 2 N–H and O–H groups in total. The fourth-order valence-electron chi connectivity index (χ4n) is 4.69. The van der Waals surface area contributed by atoms with Gasteiger partial charge in [0.15, 0.2) is 10.7 Å². The molecule has 2 aliphatic rings. The van der Waals surface area contributed by atoms with Gasteiger partial charge < -0.3 is 24.2 Å². The van der Waals surface area contributed by atoms with E-state index in [4.69, 9.17) is 9.26 Å². The number of hydrogen-bond donors (Lipinski definition) is 2. The van der Waals surface area contributed by atoms with Crippen LogP contribution < -0.4 is 9.46 Å². The summed E-state index contributed by atoms with van der Waals surface area (Å²) in [6.07, 6.45) is 2.34. The molecule has 10 nitrogen and oxygen atoms in total. The number of rotatable bonds is 9. The summed E-state index contributed by atoms with van der Waals surface area (Å²) in [4.78, 5) is 17.5. The number of benzene rings is 1. The van der Waals surface area contributed by atoms with Crippen LogP contribution in [-0.2, 0) is 10.0 Å². The van der Waals surface area contributed by atoms with Crippen molar-refractivity contribution in [3.05, 3.63) is 35.2 Å². The summed E-state index contributed by atoms with van der Waals surface area (Å²) in [5.74, 6) is 1.02. The van der Waals surface area contributed by atoms with Crippen LogP contribution in [0.3, 0.4) is 0 Å². The number of aliphatic hydroxyl groups excluding tert-OH is 1. The molecule has 1 aromatic carbocycles. The molecule has 1 fully saturated rings. The Morgan fingerprint density at radius 3 is 2.61 bits per heavy atom. The van der Waals surface area contributed by atoms with Crippen LogP contribution in [0.1, 0.15) is 48.5 Å². The Morgan fingerprint density at radius 2 is 2.00 bits per heavy atom. The minimum atomic E-state index is -3.99. The summed E-state index contributed by atoms with van der Waals surface area (Å²) in [7, 11) is -1.90. The number of carbonyl (C=O) groups excluding carboxylic acids is 1. The molecule has 36 heavy (non-hydrogen) atoms. The van der Waals surface area contributed by atoms with Gasteiger partial charge in [0.25, 0.3) is 15.9 Å². The van der Waals surface area contributed by atoms with E-state index in [9.17, 15) is 18.3 Å². The molecule has 0 unspecified atom stereocenters. The van der Waals surface area contributed by atoms with Crippen molar-refractivity contribution < 1.29 is 27.6 Å². The summed E-state index contributed by atoms with van der Waals surface area (Å²) in [5.41, 5.74) is 0.718. The summed E-state index contributed by atoms with van der Waals surface area (Å²) in [6, 6.07) is 4.30. The van der Waals surface area contributed by atoms with Crippen LogP contribution in [-0.4, -0.2) is 79.8 Å². The maximum Gasteiger partial charge on any atom is 0.267 e. The van der Waals surface area contributed by atoms with Gasteiger partial charge in [-0.2, -0.15) is 0 Å². The molecule has 0 radical (unpaired) electrons. The molecule has 2 heterocycles. The molecule has 0 bridgehead atoms. The SMILES string of the molecule is Cc1noc(C)c1S(=O)(=O)Nc1ccc2c(c1)C(=O)N([C@@H](C)CO)C[C@@H](C)[C@H](CN(C)CC1CC1)O2. The predicted octanol–water partition coefficient (Wildman–Crippen LogP) is 2.65. The molecule has 1 aliphatic heterocycles. The first-order chi connectivity index (χ1) is 17.0. The largest absolute Gasteiger partial charge is 0.488 e. The Morgan fingerprint density at radius 1 is 1.28 bits per heavy atom. The molecule has 1 aliphatic carbocycles. The Balaban J connectivity index is 1.66. The molecule has 1 saturated carbocycles. The summed E-state index contributed by atoms with van der Waals surface area (Å²) < 4.78 is 40.0. The molecule has 2 aromatic rings. The Labute approximate surface area is 212 Å². The highest BCUT2D eigenvalue weighted by atomic mass is 32.2. The van der Waals surface area contributed by atoms with Gasteiger partial charge in [0.2, 0.25) is 0 Å². The van der Waals surface area contributed by atoms with E-state index in [2.05, 4.69) is 28.8 Å². The molecule has 11 heteroatoms. The Hall–Kier alpha value is -2.63. The zero-order valence-electron chi connectivity index (χ0n) is 21.5. The van der Waals surface area contributed by atoms with Crippen molar-refractivity contribution in [1.29, 1.82) is 0 Å². The topological polar surface area (TPSA) is 125 Å². The first-order valence-corrected chi connectivity index (χ1v) is 13.8. The fourth-order valence-corrected chi connectivity index (χ4v) is 6.07. The normalized spacial score (nSPS) is 21.5. The second-order valence-electron chi connectivity index (χ2n) is 10.3. The second-order valence-corrected chi connectivity index (χ2v) is 11.9. The summed E-state index contributed by atoms with van der Waals surface area (Å²) in [5, 5.41) is 13.6. The molecular weight excluding hydrogens is 484 g/mol. The van der Waals surface area contributed by atoms with Crippen LogP contribution in [0.25, 0.3) is 0 Å². The maximum atomic E-state index is 13.6. The van der Waals surface area contributed by atoms with Crippen LogP contribution in [0, 0.1) is 25.7 Å². The first-order valence-electron chi connectivity index (χ1n) is 12.4. The third-order valence-corrected chi connectivity index (χ3v) is 8.54. The number of carbonyl (C=O) groups is 1. The number of ether oxygens (including phenoxy) is 1. The first kappa shape index (κ1) is 26.4. The number of likely N-dealkylation sites (N-methyl/N-ethyl adjacent to an activating group) is 1. The molecule has 0 saturated heterocycles. The lowest BCUT2D eigenvalue weighted by Gasteiger charge is -2.38. The van der Waals surface area contributed by atoms with Crippen molar-refractivity contribution in [2.24, 2.45) is 11.8 Å². The van der Waals surface area contributed by atoms with Crippen LogP contribution in [0.2, 0.25) is 0 Å². The zero-order chi connectivity index (χ0) is 26.2. The van der Waals surface area contributed by atoms with Crippen molar-refractivity contribution in [1.82, 2.24) is 15.0 Å². The van der Waals surface area contributed by atoms with Crippen molar-refractivity contribution in [2.45, 2.75) is 57.6 Å². The monoisotopic (exact) mass is 520 g/mol. The van der Waals surface area contributed by atoms with Crippen LogP contribution in [0.4, 0.5) is 5.69 Å². The minimum Gasteiger partial charge on any atom is -0.488 e. The lowest BCUT2D eigenvalue weighted by atomic mass is 9.99. The highest BCUT2D eigenvalue weighted by molar-refractivity contribution is 7.92. The molecule has 1 aromatic heterocycles. The number of anilines is 1. The molecule has 0 spiro atoms. The van der Waals surface area contributed by atoms with Crippen molar-refractivity contribution in [2.75, 3.05) is 38.0 Å². The smallest absolute Gasteiger partial charge is 0.267 e. The van der Waals surface area contributed by atoms with Gasteiger partial charge in [-0.3, -0.25) is 9.52 Å². The highest BCUT2D eigenvalue weighted by Crippen LogP contribution is 2.33. The van der Waals surface area contributed by atoms with Crippen molar-refractivity contribution in [3.63, 3.8) is 0 Å². The molecule has 1 amide bonds. The number of nitrogens with one attached hydrogen (secondary N) is 1. The Bertz CT molecular complexity index is 1190. The predicted molar refractivity (Wildman–Crippen MR) is 135 cm³/mol. The Kier molecular flexibility index (Phi) is 7.63. The van der Waals surface area contributed by atoms with Crippen LogP contribution >= 0.6 is 0 Å². The van der Waals surface area contributed by atoms with Gasteiger partial charge in [-0.05, 0) is 64.8 Å². The summed E-state index contributed by atoms with van der Waals surface area (Å²) >= 11 is 0. The number of aryl methyl sites for hydroxylation is 2. The standard InChI is InChI=1S/C25H36N4O6S/c1-15-11-29(16(2)14-30)25(31)21-10-20(27-36(32,33)24-17(3)26-35-18(24)4)8-9-22(21)34-23(15)13-28(5)12-19-6-7-19/h8-10,15-16,19,23,27,30H,6-7,11-14H2,1-5H3/t15-,16+,23+/m1/s1. The number of aromatic nitrogens is 1. The minimum absolute atomic E-state index is 0.0236. The van der Waals surface area contributed by atoms with Gasteiger partial charge in [0.05, 0.1) is 18.2 Å². The van der Waals surface area contributed by atoms with E-state index in [0.29, 0.717) is 18.8 Å². The molecule has 198 valence electrons. The van der Waals surface area contributed by atoms with Gasteiger partial charge in [-0.15, -0.1) is 0 Å². The average Bonchev–Trinajstić information content (AvgIpc) is 3.56. The zero-order valence-corrected chi connectivity index (χ0v) is 22.3. The van der Waals surface area contributed by atoms with Gasteiger partial charge >= 0.3 is 0 Å². The number of hydrogen-bond acceptors (Lipinski definition) is 8. The van der Waals surface area contributed by atoms with Gasteiger partial charge in [0, 0.05) is 31.2 Å². The molecular formula is C25H36N4O6S. The van der Waals surface area contributed by atoms with E-state index < -0.39 is 16.1 Å². The lowest BCUT2D eigenvalue weighted by Crippen LogP contribution is -2.50. The van der Waals surface area contributed by atoms with E-state index in [1.54, 1.807) is 30.9 Å². The van der Waals surface area contributed by atoms with E-state index in [1.165, 1.54) is 25.8 Å². The maximum absolute atomic E-state index is 13.6. The highest BCUT2D eigenvalue weighted by Gasteiger charge is 2.34. The number of aliphatic hydroxyl groups is 1. The van der Waals surface area contributed by atoms with E-state index in [-0.39, 0.29) is 52.1 Å². The van der Waals surface area contributed by atoms with Crippen LogP contribution in [0.5, 0.6) is 5.75 Å². The van der Waals surface area contributed by atoms with E-state index in [1.807, 2.05) is 0 Å². The van der Waals surface area contributed by atoms with Gasteiger partial charge in [-0.1, -0.05) is 12.1 Å². The van der Waals surface area contributed by atoms with Crippen molar-refractivity contribution >= 4 is 21.6 Å². The van der Waals surface area contributed by atoms with Gasteiger partial charge in [0.1, 0.15) is 17.5 Å². The third-order valence-electron chi connectivity index (χ3n) is 6.91. The number of amides is 1. The average molecular weight is 521 g/mol. The van der Waals surface area contributed by atoms with E-state index in [0.717, 1.165) is 12.5 Å². The quantitative estimate of drug-likeness (QED) is 0.517. The second kappa shape index (κ2) is 10.4. The van der Waals surface area contributed by atoms with Gasteiger partial charge in [-0.25, -0.2) is 8.42 Å². The summed E-state index contributed by atoms with van der Waals surface area (Å²) in [6.45, 7) is 8.88. The lowest BCUT2D eigenvalue weighted by molar-refractivity contribution is 0.0344. The third kappa shape index (κ3) is 5.68. The number of sulfonamides is 1. The van der Waals surface area contributed by atoms with E-state index >= 15 is 0 Å². The van der Waals surface area contributed by atoms with Crippen LogP contribution in [0.15, 0.2) is 27.6 Å².